The fraction of sp³-hybridized carbons (Fsp3) is 0.923. The minimum Gasteiger partial charge on any atom is -0.356 e. The molecule has 0 spiro atoms. The van der Waals surface area contributed by atoms with Gasteiger partial charge in [-0.05, 0) is 44.1 Å². The van der Waals surface area contributed by atoms with Crippen molar-refractivity contribution in [2.75, 3.05) is 25.6 Å². The summed E-state index contributed by atoms with van der Waals surface area (Å²) in [6, 6.07) is 0.0975. The summed E-state index contributed by atoms with van der Waals surface area (Å²) in [4.78, 5) is 4.11. The molecule has 2 N–H and O–H groups in total. The summed E-state index contributed by atoms with van der Waals surface area (Å²) in [5.74, 6) is 0.652. The lowest BCUT2D eigenvalue weighted by atomic mass is 9.85. The maximum absolute atomic E-state index is 12.6. The van der Waals surface area contributed by atoms with Crippen molar-refractivity contribution in [1.29, 1.82) is 0 Å². The highest BCUT2D eigenvalue weighted by Crippen LogP contribution is 2.37. The van der Waals surface area contributed by atoms with E-state index in [9.17, 15) is 13.2 Å². The minimum atomic E-state index is -4.04. The molecule has 0 aliphatic heterocycles. The zero-order valence-electron chi connectivity index (χ0n) is 12.5. The quantitative estimate of drug-likeness (QED) is 0.297. The normalized spacial score (nSPS) is 23.4. The highest BCUT2D eigenvalue weighted by molar-refractivity contribution is 14.0. The number of nitrogens with one attached hydrogen (secondary N) is 2. The molecule has 21 heavy (non-hydrogen) atoms. The van der Waals surface area contributed by atoms with Crippen LogP contribution in [0.5, 0.6) is 0 Å². The van der Waals surface area contributed by atoms with Gasteiger partial charge in [-0.1, -0.05) is 0 Å². The molecule has 1 aliphatic rings. The molecular formula is C13H25F3IN3S. The molecule has 1 aliphatic carbocycles. The molecule has 0 amide bonds. The zero-order chi connectivity index (χ0) is 15.0. The number of halogens is 4. The third kappa shape index (κ3) is 8.37. The maximum atomic E-state index is 12.6. The van der Waals surface area contributed by atoms with Crippen LogP contribution in [0, 0.1) is 5.92 Å². The Morgan fingerprint density at radius 2 is 1.86 bits per heavy atom. The van der Waals surface area contributed by atoms with Crippen LogP contribution in [-0.2, 0) is 0 Å². The van der Waals surface area contributed by atoms with Gasteiger partial charge in [-0.3, -0.25) is 4.99 Å². The van der Waals surface area contributed by atoms with E-state index < -0.39 is 12.1 Å². The second-order valence-corrected chi connectivity index (χ2v) is 6.07. The van der Waals surface area contributed by atoms with E-state index in [4.69, 9.17) is 0 Å². The lowest BCUT2D eigenvalue weighted by Crippen LogP contribution is -2.46. The van der Waals surface area contributed by atoms with E-state index in [1.54, 1.807) is 18.8 Å². The van der Waals surface area contributed by atoms with Crippen molar-refractivity contribution in [3.63, 3.8) is 0 Å². The van der Waals surface area contributed by atoms with Crippen LogP contribution < -0.4 is 10.6 Å². The smallest absolute Gasteiger partial charge is 0.356 e. The number of aliphatic imine (C=N–C) groups is 1. The van der Waals surface area contributed by atoms with Crippen LogP contribution in [0.3, 0.4) is 0 Å². The number of nitrogens with zero attached hydrogens (tertiary/aromatic N) is 1. The lowest BCUT2D eigenvalue weighted by molar-refractivity contribution is -0.182. The van der Waals surface area contributed by atoms with Crippen LogP contribution in [0.4, 0.5) is 13.2 Å². The summed E-state index contributed by atoms with van der Waals surface area (Å²) in [6.07, 6.45) is 0.595. The Morgan fingerprint density at radius 3 is 2.33 bits per heavy atom. The largest absolute Gasteiger partial charge is 0.391 e. The van der Waals surface area contributed by atoms with Gasteiger partial charge in [-0.15, -0.1) is 24.0 Å². The monoisotopic (exact) mass is 439 g/mol. The van der Waals surface area contributed by atoms with Gasteiger partial charge in [0.05, 0.1) is 5.92 Å². The number of alkyl halides is 3. The molecule has 1 rings (SSSR count). The molecule has 0 atom stereocenters. The Labute approximate surface area is 146 Å². The van der Waals surface area contributed by atoms with Crippen molar-refractivity contribution in [2.24, 2.45) is 10.9 Å². The van der Waals surface area contributed by atoms with Gasteiger partial charge in [-0.2, -0.15) is 24.9 Å². The molecule has 0 heterocycles. The van der Waals surface area contributed by atoms with Gasteiger partial charge < -0.3 is 10.6 Å². The number of hydrogen-bond donors (Lipinski definition) is 2. The first-order chi connectivity index (χ1) is 9.47. The minimum absolute atomic E-state index is 0. The fourth-order valence-corrected chi connectivity index (χ4v) is 2.81. The average Bonchev–Trinajstić information content (AvgIpc) is 2.42. The van der Waals surface area contributed by atoms with Gasteiger partial charge >= 0.3 is 6.18 Å². The SMILES string of the molecule is CN=C(NCCCSC)NC1CCC(C(F)(F)F)CC1.I. The highest BCUT2D eigenvalue weighted by atomic mass is 127. The molecule has 0 unspecified atom stereocenters. The van der Waals surface area contributed by atoms with E-state index in [0.29, 0.717) is 18.8 Å². The van der Waals surface area contributed by atoms with E-state index in [1.165, 1.54) is 0 Å². The Hall–Kier alpha value is 0.140. The van der Waals surface area contributed by atoms with Crippen LogP contribution in [0.1, 0.15) is 32.1 Å². The summed E-state index contributed by atoms with van der Waals surface area (Å²) in [6.45, 7) is 0.832. The van der Waals surface area contributed by atoms with E-state index in [0.717, 1.165) is 18.7 Å². The van der Waals surface area contributed by atoms with Crippen LogP contribution in [-0.4, -0.2) is 43.8 Å². The number of guanidine groups is 1. The Kier molecular flexibility index (Phi) is 10.9. The van der Waals surface area contributed by atoms with Crippen molar-refractivity contribution in [1.82, 2.24) is 10.6 Å². The van der Waals surface area contributed by atoms with Crippen molar-refractivity contribution >= 4 is 41.7 Å². The molecular weight excluding hydrogens is 414 g/mol. The predicted octanol–water partition coefficient (Wildman–Crippen LogP) is 3.64. The van der Waals surface area contributed by atoms with Gasteiger partial charge in [0.25, 0.3) is 0 Å². The molecule has 0 saturated heterocycles. The second-order valence-electron chi connectivity index (χ2n) is 5.08. The number of hydrogen-bond acceptors (Lipinski definition) is 2. The molecule has 0 radical (unpaired) electrons. The van der Waals surface area contributed by atoms with E-state index >= 15 is 0 Å². The van der Waals surface area contributed by atoms with Gasteiger partial charge in [0.2, 0.25) is 0 Å². The van der Waals surface area contributed by atoms with E-state index in [1.807, 2.05) is 0 Å². The molecule has 0 bridgehead atoms. The average molecular weight is 439 g/mol. The third-order valence-corrected chi connectivity index (χ3v) is 4.27. The molecule has 8 heteroatoms. The summed E-state index contributed by atoms with van der Waals surface area (Å²) in [7, 11) is 1.69. The second kappa shape index (κ2) is 10.8. The van der Waals surface area contributed by atoms with Crippen LogP contribution >= 0.6 is 35.7 Å². The molecule has 1 saturated carbocycles. The van der Waals surface area contributed by atoms with Crippen LogP contribution in [0.2, 0.25) is 0 Å². The van der Waals surface area contributed by atoms with E-state index in [2.05, 4.69) is 21.9 Å². The van der Waals surface area contributed by atoms with Gasteiger partial charge in [0.15, 0.2) is 5.96 Å². The van der Waals surface area contributed by atoms with E-state index in [-0.39, 0.29) is 42.9 Å². The molecule has 0 aromatic carbocycles. The standard InChI is InChI=1S/C13H24F3N3S.HI/c1-17-12(18-8-3-9-20-2)19-11-6-4-10(5-7-11)13(14,15)16;/h10-11H,3-9H2,1-2H3,(H2,17,18,19);1H. The summed E-state index contributed by atoms with van der Waals surface area (Å²) in [5.41, 5.74) is 0. The fourth-order valence-electron chi connectivity index (χ4n) is 2.38. The molecule has 0 aromatic heterocycles. The summed E-state index contributed by atoms with van der Waals surface area (Å²) in [5, 5.41) is 6.42. The van der Waals surface area contributed by atoms with Crippen molar-refractivity contribution < 1.29 is 13.2 Å². The number of thioether (sulfide) groups is 1. The third-order valence-electron chi connectivity index (χ3n) is 3.57. The Morgan fingerprint density at radius 1 is 1.24 bits per heavy atom. The molecule has 126 valence electrons. The predicted molar refractivity (Wildman–Crippen MR) is 94.7 cm³/mol. The van der Waals surface area contributed by atoms with Crippen LogP contribution in [0.15, 0.2) is 4.99 Å². The molecule has 0 aromatic rings. The summed E-state index contributed by atoms with van der Waals surface area (Å²) >= 11 is 1.79. The Balaban J connectivity index is 0.00000400. The van der Waals surface area contributed by atoms with Gasteiger partial charge in [0.1, 0.15) is 0 Å². The first kappa shape index (κ1) is 21.1. The van der Waals surface area contributed by atoms with Gasteiger partial charge in [0, 0.05) is 19.6 Å². The van der Waals surface area contributed by atoms with Crippen LogP contribution in [0.25, 0.3) is 0 Å². The molecule has 3 nitrogen and oxygen atoms in total. The molecule has 1 fully saturated rings. The first-order valence-corrected chi connectivity index (χ1v) is 8.39. The van der Waals surface area contributed by atoms with Crippen molar-refractivity contribution in [2.45, 2.75) is 44.3 Å². The Bertz CT molecular complexity index is 306. The lowest BCUT2D eigenvalue weighted by Gasteiger charge is -2.31. The van der Waals surface area contributed by atoms with Crippen molar-refractivity contribution in [3.05, 3.63) is 0 Å². The number of rotatable bonds is 5. The van der Waals surface area contributed by atoms with Crippen molar-refractivity contribution in [3.8, 4) is 0 Å². The highest BCUT2D eigenvalue weighted by Gasteiger charge is 2.41. The summed E-state index contributed by atoms with van der Waals surface area (Å²) < 4.78 is 37.7. The zero-order valence-corrected chi connectivity index (χ0v) is 15.6. The topological polar surface area (TPSA) is 36.4 Å². The first-order valence-electron chi connectivity index (χ1n) is 7.00. The maximum Gasteiger partial charge on any atom is 0.391 e. The van der Waals surface area contributed by atoms with Gasteiger partial charge in [-0.25, -0.2) is 0 Å².